The summed E-state index contributed by atoms with van der Waals surface area (Å²) in [5.74, 6) is 0.0950. The number of allylic oxidation sites excluding steroid dienone is 1. The number of hydrogen-bond acceptors (Lipinski definition) is 5. The van der Waals surface area contributed by atoms with E-state index in [1.807, 2.05) is 67.6 Å². The van der Waals surface area contributed by atoms with Crippen LogP contribution in [0, 0.1) is 6.92 Å². The topological polar surface area (TPSA) is 55.2 Å². The number of fused-ring (bicyclic) bond motifs is 1. The van der Waals surface area contributed by atoms with Gasteiger partial charge < -0.3 is 0 Å². The normalized spacial score (nSPS) is 12.7. The van der Waals surface area contributed by atoms with Crippen molar-refractivity contribution >= 4 is 28.9 Å². The summed E-state index contributed by atoms with van der Waals surface area (Å²) in [6.45, 7) is 2.68. The van der Waals surface area contributed by atoms with Crippen molar-refractivity contribution in [2.75, 3.05) is 0 Å². The number of thiazole rings is 1. The number of pyridine rings is 1. The summed E-state index contributed by atoms with van der Waals surface area (Å²) >= 11 is 1.60. The van der Waals surface area contributed by atoms with Crippen LogP contribution in [0.25, 0.3) is 16.5 Å². The Morgan fingerprint density at radius 1 is 1.03 bits per heavy atom. The fourth-order valence-corrected chi connectivity index (χ4v) is 4.87. The van der Waals surface area contributed by atoms with E-state index in [4.69, 9.17) is 4.99 Å². The van der Waals surface area contributed by atoms with Crippen LogP contribution >= 0.6 is 11.3 Å². The molecule has 5 rings (SSSR count). The van der Waals surface area contributed by atoms with Gasteiger partial charge in [-0.3, -0.25) is 14.8 Å². The molecule has 0 radical (unpaired) electrons. The number of aliphatic imine (C=N–C) groups is 1. The average Bonchev–Trinajstić information content (AvgIpc) is 3.41. The van der Waals surface area contributed by atoms with Crippen LogP contribution in [0.4, 0.5) is 0 Å². The van der Waals surface area contributed by atoms with Crippen LogP contribution in [-0.2, 0) is 13.0 Å². The number of hydrogen-bond donors (Lipinski definition) is 0. The molecular weight excluding hydrogens is 414 g/mol. The highest BCUT2D eigenvalue weighted by Gasteiger charge is 2.18. The first-order valence-electron chi connectivity index (χ1n) is 10.5. The summed E-state index contributed by atoms with van der Waals surface area (Å²) in [4.78, 5) is 27.4. The summed E-state index contributed by atoms with van der Waals surface area (Å²) in [7, 11) is 0. The smallest absolute Gasteiger partial charge is 0.169 e. The molecule has 0 spiro atoms. The molecule has 1 aliphatic heterocycles. The summed E-state index contributed by atoms with van der Waals surface area (Å²) in [5.41, 5.74) is 7.07. The second-order valence-corrected chi connectivity index (χ2v) is 8.73. The van der Waals surface area contributed by atoms with Crippen LogP contribution in [0.15, 0.2) is 84.0 Å². The Hall–Kier alpha value is -3.70. The third-order valence-electron chi connectivity index (χ3n) is 5.41. The van der Waals surface area contributed by atoms with Gasteiger partial charge in [-0.15, -0.1) is 11.3 Å². The molecule has 0 saturated heterocycles. The first-order valence-corrected chi connectivity index (χ1v) is 11.3. The van der Waals surface area contributed by atoms with Gasteiger partial charge in [-0.2, -0.15) is 0 Å². The minimum atomic E-state index is 0.0950. The van der Waals surface area contributed by atoms with Crippen LogP contribution in [-0.4, -0.2) is 21.5 Å². The van der Waals surface area contributed by atoms with E-state index in [1.54, 1.807) is 17.5 Å². The molecule has 2 aromatic carbocycles. The maximum Gasteiger partial charge on any atom is 0.169 e. The minimum Gasteiger partial charge on any atom is -0.294 e. The number of aryl methyl sites for hydroxylation is 1. The van der Waals surface area contributed by atoms with Crippen LogP contribution < -0.4 is 0 Å². The van der Waals surface area contributed by atoms with Gasteiger partial charge in [0.15, 0.2) is 5.78 Å². The standard InChI is InChI=1S/C27H21N3OS/c1-18-27(32-26(30-18)16-25(31)19-7-3-2-4-8-19)20-10-12-23-21(15-20)17-29-24(23)13-11-22-9-5-6-14-28-22/h2-15H,16-17H2,1H3/b13-11+. The Morgan fingerprint density at radius 3 is 2.69 bits per heavy atom. The predicted molar refractivity (Wildman–Crippen MR) is 130 cm³/mol. The monoisotopic (exact) mass is 435 g/mol. The molecule has 2 aromatic heterocycles. The van der Waals surface area contributed by atoms with Crippen molar-refractivity contribution in [3.63, 3.8) is 0 Å². The SMILES string of the molecule is Cc1nc(CC(=O)c2ccccc2)sc1-c1ccc2c(c1)CN=C2/C=C/c1ccccn1. The third kappa shape index (κ3) is 4.20. The van der Waals surface area contributed by atoms with E-state index in [9.17, 15) is 4.79 Å². The largest absolute Gasteiger partial charge is 0.294 e. The molecule has 32 heavy (non-hydrogen) atoms. The molecule has 0 saturated carbocycles. The van der Waals surface area contributed by atoms with Gasteiger partial charge in [-0.05, 0) is 48.4 Å². The zero-order valence-corrected chi connectivity index (χ0v) is 18.5. The summed E-state index contributed by atoms with van der Waals surface area (Å²) < 4.78 is 0. The van der Waals surface area contributed by atoms with E-state index in [2.05, 4.69) is 28.2 Å². The maximum atomic E-state index is 12.6. The minimum absolute atomic E-state index is 0.0950. The van der Waals surface area contributed by atoms with Gasteiger partial charge in [0.25, 0.3) is 0 Å². The highest BCUT2D eigenvalue weighted by Crippen LogP contribution is 2.33. The molecule has 0 fully saturated rings. The van der Waals surface area contributed by atoms with Crippen LogP contribution in [0.2, 0.25) is 0 Å². The number of ketones is 1. The van der Waals surface area contributed by atoms with E-state index in [0.29, 0.717) is 13.0 Å². The number of nitrogens with zero attached hydrogens (tertiary/aromatic N) is 3. The van der Waals surface area contributed by atoms with Gasteiger partial charge in [0.1, 0.15) is 5.01 Å². The molecule has 1 aliphatic rings. The number of Topliss-reactive ketones (excluding diaryl/α,β-unsaturated/α-hetero) is 1. The fraction of sp³-hybridized carbons (Fsp3) is 0.111. The van der Waals surface area contributed by atoms with Gasteiger partial charge in [0.2, 0.25) is 0 Å². The van der Waals surface area contributed by atoms with E-state index < -0.39 is 0 Å². The van der Waals surface area contributed by atoms with Crippen molar-refractivity contribution in [3.8, 4) is 10.4 Å². The predicted octanol–water partition coefficient (Wildman–Crippen LogP) is 5.96. The second-order valence-electron chi connectivity index (χ2n) is 7.65. The Labute approximate surface area is 191 Å². The molecule has 0 aliphatic carbocycles. The molecule has 0 N–H and O–H groups in total. The van der Waals surface area contributed by atoms with Crippen molar-refractivity contribution in [1.29, 1.82) is 0 Å². The molecule has 0 unspecified atom stereocenters. The number of benzene rings is 2. The lowest BCUT2D eigenvalue weighted by Gasteiger charge is -2.04. The van der Waals surface area contributed by atoms with Crippen molar-refractivity contribution in [3.05, 3.63) is 112 Å². The highest BCUT2D eigenvalue weighted by atomic mass is 32.1. The Kier molecular flexibility index (Phi) is 5.57. The van der Waals surface area contributed by atoms with Crippen LogP contribution in [0.1, 0.15) is 37.9 Å². The molecule has 4 aromatic rings. The Bertz CT molecular complexity index is 1340. The third-order valence-corrected chi connectivity index (χ3v) is 6.62. The van der Waals surface area contributed by atoms with E-state index in [0.717, 1.165) is 43.7 Å². The lowest BCUT2D eigenvalue weighted by atomic mass is 10.0. The Balaban J connectivity index is 1.35. The van der Waals surface area contributed by atoms with E-state index in [1.165, 1.54) is 5.56 Å². The number of aromatic nitrogens is 2. The molecule has 5 heteroatoms. The number of carbonyl (C=O) groups excluding carboxylic acids is 1. The highest BCUT2D eigenvalue weighted by molar-refractivity contribution is 7.15. The molecule has 0 atom stereocenters. The van der Waals surface area contributed by atoms with E-state index in [-0.39, 0.29) is 5.78 Å². The Morgan fingerprint density at radius 2 is 1.88 bits per heavy atom. The first-order chi connectivity index (χ1) is 15.7. The lowest BCUT2D eigenvalue weighted by Crippen LogP contribution is -2.02. The summed E-state index contributed by atoms with van der Waals surface area (Å²) in [6, 6.07) is 21.7. The van der Waals surface area contributed by atoms with Gasteiger partial charge in [-0.25, -0.2) is 4.98 Å². The van der Waals surface area contributed by atoms with Crippen molar-refractivity contribution in [2.24, 2.45) is 4.99 Å². The molecule has 4 nitrogen and oxygen atoms in total. The summed E-state index contributed by atoms with van der Waals surface area (Å²) in [5, 5.41) is 0.849. The van der Waals surface area contributed by atoms with Crippen molar-refractivity contribution in [2.45, 2.75) is 19.9 Å². The average molecular weight is 436 g/mol. The quantitative estimate of drug-likeness (QED) is 0.351. The lowest BCUT2D eigenvalue weighted by molar-refractivity contribution is 0.0993. The van der Waals surface area contributed by atoms with Gasteiger partial charge in [-0.1, -0.05) is 48.5 Å². The molecule has 0 amide bonds. The fourth-order valence-electron chi connectivity index (χ4n) is 3.81. The van der Waals surface area contributed by atoms with Gasteiger partial charge in [0.05, 0.1) is 34.9 Å². The number of carbonyl (C=O) groups is 1. The number of rotatable bonds is 6. The molecular formula is C27H21N3OS. The van der Waals surface area contributed by atoms with Crippen molar-refractivity contribution < 1.29 is 4.79 Å². The van der Waals surface area contributed by atoms with Crippen molar-refractivity contribution in [1.82, 2.24) is 9.97 Å². The zero-order valence-electron chi connectivity index (χ0n) is 17.7. The zero-order chi connectivity index (χ0) is 21.9. The van der Waals surface area contributed by atoms with Gasteiger partial charge in [0, 0.05) is 17.3 Å². The second kappa shape index (κ2) is 8.81. The molecule has 0 bridgehead atoms. The summed E-state index contributed by atoms with van der Waals surface area (Å²) in [6.07, 6.45) is 6.13. The van der Waals surface area contributed by atoms with Crippen LogP contribution in [0.5, 0.6) is 0 Å². The van der Waals surface area contributed by atoms with E-state index >= 15 is 0 Å². The molecule has 3 heterocycles. The molecule has 156 valence electrons. The van der Waals surface area contributed by atoms with Gasteiger partial charge >= 0.3 is 0 Å². The van der Waals surface area contributed by atoms with Crippen LogP contribution in [0.3, 0.4) is 0 Å². The maximum absolute atomic E-state index is 12.6. The first kappa shape index (κ1) is 20.2.